The van der Waals surface area contributed by atoms with Gasteiger partial charge in [0.15, 0.2) is 0 Å². The quantitative estimate of drug-likeness (QED) is 0.947. The largest absolute Gasteiger partial charge is 0.337 e. The molecule has 0 saturated carbocycles. The van der Waals surface area contributed by atoms with E-state index in [0.29, 0.717) is 11.0 Å². The summed E-state index contributed by atoms with van der Waals surface area (Å²) in [6.45, 7) is 0.380. The molecule has 0 fully saturated rings. The third-order valence-electron chi connectivity index (χ3n) is 2.48. The van der Waals surface area contributed by atoms with Crippen LogP contribution in [0.1, 0.15) is 15.9 Å². The van der Waals surface area contributed by atoms with E-state index in [4.69, 9.17) is 0 Å². The van der Waals surface area contributed by atoms with Crippen LogP contribution in [0, 0.1) is 5.82 Å². The molecule has 0 atom stereocenters. The van der Waals surface area contributed by atoms with E-state index < -0.39 is 5.82 Å². The molecule has 0 saturated heterocycles. The fraction of sp³-hybridized carbons (Fsp3) is 0.167. The summed E-state index contributed by atoms with van der Waals surface area (Å²) in [4.78, 5) is 13.5. The highest BCUT2D eigenvalue weighted by Gasteiger charge is 2.16. The third kappa shape index (κ3) is 2.76. The average molecular weight is 312 g/mol. The number of hydrogen-bond acceptors (Lipinski definition) is 2. The minimum Gasteiger partial charge on any atom is -0.337 e. The molecule has 1 aromatic carbocycles. The van der Waals surface area contributed by atoms with Crippen molar-refractivity contribution in [1.82, 2.24) is 15.1 Å². The van der Waals surface area contributed by atoms with Crippen molar-refractivity contribution in [3.05, 3.63) is 52.0 Å². The number of carbonyl (C=O) groups excluding carboxylic acids is 1. The van der Waals surface area contributed by atoms with E-state index >= 15 is 0 Å². The number of hydrogen-bond donors (Lipinski definition) is 1. The van der Waals surface area contributed by atoms with Gasteiger partial charge in [-0.2, -0.15) is 5.10 Å². The first kappa shape index (κ1) is 12.8. The molecule has 6 heteroatoms. The second kappa shape index (κ2) is 5.30. The lowest BCUT2D eigenvalue weighted by Gasteiger charge is -2.16. The molecule has 18 heavy (non-hydrogen) atoms. The number of nitrogens with zero attached hydrogens (tertiary/aromatic N) is 2. The predicted molar refractivity (Wildman–Crippen MR) is 68.5 cm³/mol. The van der Waals surface area contributed by atoms with Gasteiger partial charge in [-0.25, -0.2) is 4.39 Å². The van der Waals surface area contributed by atoms with Crippen molar-refractivity contribution in [2.24, 2.45) is 0 Å². The maximum Gasteiger partial charge on any atom is 0.256 e. The minimum atomic E-state index is -0.534. The number of aromatic amines is 1. The summed E-state index contributed by atoms with van der Waals surface area (Å²) in [5.41, 5.74) is 0.924. The summed E-state index contributed by atoms with van der Waals surface area (Å²) in [6.07, 6.45) is 3.32. The molecular weight excluding hydrogens is 301 g/mol. The number of aromatic nitrogens is 2. The Morgan fingerprint density at radius 2 is 2.33 bits per heavy atom. The summed E-state index contributed by atoms with van der Waals surface area (Å²) in [5.74, 6) is -0.894. The first-order valence-electron chi connectivity index (χ1n) is 5.26. The Morgan fingerprint density at radius 1 is 1.56 bits per heavy atom. The highest BCUT2D eigenvalue weighted by Crippen LogP contribution is 2.17. The molecule has 0 unspecified atom stereocenters. The van der Waals surface area contributed by atoms with Gasteiger partial charge in [0.2, 0.25) is 0 Å². The van der Waals surface area contributed by atoms with Gasteiger partial charge in [-0.05, 0) is 18.2 Å². The van der Waals surface area contributed by atoms with Gasteiger partial charge in [0.1, 0.15) is 5.82 Å². The second-order valence-corrected chi connectivity index (χ2v) is 4.81. The minimum absolute atomic E-state index is 0.0594. The predicted octanol–water partition coefficient (Wildman–Crippen LogP) is 2.58. The van der Waals surface area contributed by atoms with Gasteiger partial charge in [0.25, 0.3) is 5.91 Å². The van der Waals surface area contributed by atoms with Crippen molar-refractivity contribution >= 4 is 21.8 Å². The zero-order chi connectivity index (χ0) is 13.1. The molecule has 4 nitrogen and oxygen atoms in total. The summed E-state index contributed by atoms with van der Waals surface area (Å²) in [7, 11) is 1.62. The van der Waals surface area contributed by atoms with Crippen molar-refractivity contribution < 1.29 is 9.18 Å². The van der Waals surface area contributed by atoms with Gasteiger partial charge < -0.3 is 4.90 Å². The Balaban J connectivity index is 2.15. The zero-order valence-electron chi connectivity index (χ0n) is 9.65. The Morgan fingerprint density at radius 3 is 2.94 bits per heavy atom. The van der Waals surface area contributed by atoms with E-state index in [1.165, 1.54) is 17.0 Å². The van der Waals surface area contributed by atoms with Crippen LogP contribution in [0.25, 0.3) is 0 Å². The van der Waals surface area contributed by atoms with Crippen molar-refractivity contribution in [2.45, 2.75) is 6.54 Å². The van der Waals surface area contributed by atoms with Crippen LogP contribution in [0.15, 0.2) is 35.1 Å². The molecule has 2 rings (SSSR count). The summed E-state index contributed by atoms with van der Waals surface area (Å²) < 4.78 is 14.2. The molecular formula is C12H11BrFN3O. The van der Waals surface area contributed by atoms with Crippen LogP contribution in [-0.4, -0.2) is 28.1 Å². The first-order chi connectivity index (χ1) is 8.58. The molecule has 0 aliphatic carbocycles. The first-order valence-corrected chi connectivity index (χ1v) is 6.05. The summed E-state index contributed by atoms with van der Waals surface area (Å²) >= 11 is 3.15. The number of amides is 1. The number of rotatable bonds is 3. The van der Waals surface area contributed by atoms with E-state index in [1.54, 1.807) is 25.5 Å². The maximum atomic E-state index is 13.6. The van der Waals surface area contributed by atoms with Crippen LogP contribution in [-0.2, 0) is 6.54 Å². The average Bonchev–Trinajstić information content (AvgIpc) is 2.81. The van der Waals surface area contributed by atoms with Gasteiger partial charge in [-0.15, -0.1) is 0 Å². The normalized spacial score (nSPS) is 10.4. The lowest BCUT2D eigenvalue weighted by Crippen LogP contribution is -2.26. The lowest BCUT2D eigenvalue weighted by atomic mass is 10.2. The summed E-state index contributed by atoms with van der Waals surface area (Å²) in [6, 6.07) is 4.38. The highest BCUT2D eigenvalue weighted by atomic mass is 79.9. The van der Waals surface area contributed by atoms with Crippen LogP contribution in [0.2, 0.25) is 0 Å². The molecule has 0 bridgehead atoms. The smallest absolute Gasteiger partial charge is 0.256 e. The molecule has 94 valence electrons. The van der Waals surface area contributed by atoms with E-state index in [2.05, 4.69) is 26.1 Å². The van der Waals surface area contributed by atoms with E-state index in [0.717, 1.165) is 5.56 Å². The maximum absolute atomic E-state index is 13.6. The molecule has 1 amide bonds. The molecule has 1 heterocycles. The number of carbonyl (C=O) groups is 1. The fourth-order valence-corrected chi connectivity index (χ4v) is 1.91. The molecule has 0 aliphatic heterocycles. The van der Waals surface area contributed by atoms with Crippen LogP contribution in [0.5, 0.6) is 0 Å². The van der Waals surface area contributed by atoms with Crippen molar-refractivity contribution in [3.63, 3.8) is 0 Å². The second-order valence-electron chi connectivity index (χ2n) is 3.89. The van der Waals surface area contributed by atoms with E-state index in [1.807, 2.05) is 0 Å². The van der Waals surface area contributed by atoms with Gasteiger partial charge >= 0.3 is 0 Å². The van der Waals surface area contributed by atoms with E-state index in [-0.39, 0.29) is 11.5 Å². The van der Waals surface area contributed by atoms with Gasteiger partial charge in [-0.3, -0.25) is 9.89 Å². The van der Waals surface area contributed by atoms with E-state index in [9.17, 15) is 9.18 Å². The van der Waals surface area contributed by atoms with Crippen molar-refractivity contribution in [1.29, 1.82) is 0 Å². The molecule has 1 N–H and O–H groups in total. The highest BCUT2D eigenvalue weighted by molar-refractivity contribution is 9.10. The third-order valence-corrected chi connectivity index (χ3v) is 2.98. The zero-order valence-corrected chi connectivity index (χ0v) is 11.2. The topological polar surface area (TPSA) is 49.0 Å². The number of H-pyrrole nitrogens is 1. The van der Waals surface area contributed by atoms with Gasteiger partial charge in [0, 0.05) is 29.8 Å². The Labute approximate surface area is 112 Å². The number of benzene rings is 1. The standard InChI is InChI=1S/C12H11BrFN3O/c1-17(7-8-5-15-16-6-8)12(18)10-3-2-9(13)4-11(10)14/h2-6H,7H2,1H3,(H,15,16). The van der Waals surface area contributed by atoms with Gasteiger partial charge in [-0.1, -0.05) is 15.9 Å². The Hall–Kier alpha value is -1.69. The van der Waals surface area contributed by atoms with Crippen LogP contribution >= 0.6 is 15.9 Å². The Kier molecular flexibility index (Phi) is 3.76. The van der Waals surface area contributed by atoms with Crippen molar-refractivity contribution in [2.75, 3.05) is 7.05 Å². The molecule has 1 aromatic heterocycles. The Bertz CT molecular complexity index is 556. The van der Waals surface area contributed by atoms with Crippen LogP contribution < -0.4 is 0 Å². The fourth-order valence-electron chi connectivity index (χ4n) is 1.58. The SMILES string of the molecule is CN(Cc1cn[nH]c1)C(=O)c1ccc(Br)cc1F. The molecule has 0 aliphatic rings. The molecule has 0 radical (unpaired) electrons. The summed E-state index contributed by atoms with van der Waals surface area (Å²) in [5, 5.41) is 6.46. The van der Waals surface area contributed by atoms with Crippen molar-refractivity contribution in [3.8, 4) is 0 Å². The number of nitrogens with one attached hydrogen (secondary N) is 1. The molecule has 0 spiro atoms. The van der Waals surface area contributed by atoms with Crippen LogP contribution in [0.3, 0.4) is 0 Å². The number of halogens is 2. The van der Waals surface area contributed by atoms with Gasteiger partial charge in [0.05, 0.1) is 11.8 Å². The monoisotopic (exact) mass is 311 g/mol. The van der Waals surface area contributed by atoms with Crippen LogP contribution in [0.4, 0.5) is 4.39 Å². The molecule has 2 aromatic rings. The lowest BCUT2D eigenvalue weighted by molar-refractivity contribution is 0.0780.